The first kappa shape index (κ1) is 32.2. The molecular formula is C39H42S. The van der Waals surface area contributed by atoms with Crippen molar-refractivity contribution >= 4 is 24.3 Å². The van der Waals surface area contributed by atoms with Gasteiger partial charge in [0.15, 0.2) is 0 Å². The minimum atomic E-state index is 0.0503. The van der Waals surface area contributed by atoms with E-state index in [-0.39, 0.29) is 5.92 Å². The molecule has 1 heteroatoms. The van der Waals surface area contributed by atoms with Crippen molar-refractivity contribution in [2.75, 3.05) is 5.75 Å². The minimum absolute atomic E-state index is 0.0503. The lowest BCUT2D eigenvalue weighted by Crippen LogP contribution is -2.11. The third-order valence-corrected chi connectivity index (χ3v) is 6.85. The van der Waals surface area contributed by atoms with Crippen LogP contribution in [0.15, 0.2) is 150 Å². The van der Waals surface area contributed by atoms with Gasteiger partial charge in [-0.1, -0.05) is 134 Å². The fourth-order valence-electron chi connectivity index (χ4n) is 4.48. The molecule has 0 nitrogen and oxygen atoms in total. The third-order valence-electron chi connectivity index (χ3n) is 6.64. The molecule has 0 fully saturated rings. The normalized spacial score (nSPS) is 17.0. The number of hydrogen-bond acceptors (Lipinski definition) is 1. The summed E-state index contributed by atoms with van der Waals surface area (Å²) in [6.45, 7) is 16.7. The summed E-state index contributed by atoms with van der Waals surface area (Å²) in [6, 6.07) is 6.67. The number of hydrogen-bond donors (Lipinski definition) is 1. The average Bonchev–Trinajstić information content (AvgIpc) is 3.14. The summed E-state index contributed by atoms with van der Waals surface area (Å²) >= 11 is 4.28. The van der Waals surface area contributed by atoms with E-state index in [9.17, 15) is 0 Å². The lowest BCUT2D eigenvalue weighted by molar-refractivity contribution is 0.913. The van der Waals surface area contributed by atoms with Gasteiger partial charge >= 0.3 is 0 Å². The van der Waals surface area contributed by atoms with E-state index >= 15 is 0 Å². The molecular weight excluding hydrogens is 500 g/mol. The molecule has 0 heterocycles. The highest BCUT2D eigenvalue weighted by atomic mass is 32.1. The highest BCUT2D eigenvalue weighted by Crippen LogP contribution is 2.40. The second-order valence-corrected chi connectivity index (χ2v) is 9.95. The van der Waals surface area contributed by atoms with Gasteiger partial charge in [0.25, 0.3) is 0 Å². The fourth-order valence-corrected chi connectivity index (χ4v) is 4.60. The number of terminal acetylenes is 1. The van der Waals surface area contributed by atoms with E-state index in [0.717, 1.165) is 23.1 Å². The molecule has 1 aliphatic carbocycles. The van der Waals surface area contributed by atoms with E-state index in [2.05, 4.69) is 125 Å². The van der Waals surface area contributed by atoms with Crippen LogP contribution in [0.25, 0.3) is 11.6 Å². The maximum absolute atomic E-state index is 5.70. The maximum atomic E-state index is 5.70. The fraction of sp³-hybridized carbons (Fsp3) is 0.179. The van der Waals surface area contributed by atoms with Crippen LogP contribution in [0.5, 0.6) is 0 Å². The van der Waals surface area contributed by atoms with Crippen LogP contribution >= 0.6 is 12.6 Å². The van der Waals surface area contributed by atoms with E-state index in [4.69, 9.17) is 6.42 Å². The van der Waals surface area contributed by atoms with E-state index < -0.39 is 0 Å². The lowest BCUT2D eigenvalue weighted by Gasteiger charge is -2.26. The zero-order valence-corrected chi connectivity index (χ0v) is 25.3. The number of thiol groups is 1. The van der Waals surface area contributed by atoms with E-state index in [1.165, 1.54) is 33.4 Å². The van der Waals surface area contributed by atoms with Gasteiger partial charge in [0.1, 0.15) is 0 Å². The molecule has 204 valence electrons. The van der Waals surface area contributed by atoms with Crippen LogP contribution in [0.4, 0.5) is 0 Å². The van der Waals surface area contributed by atoms with Gasteiger partial charge in [-0.15, -0.1) is 6.42 Å². The van der Waals surface area contributed by atoms with E-state index in [1.54, 1.807) is 0 Å². The Morgan fingerprint density at radius 3 is 2.52 bits per heavy atom. The van der Waals surface area contributed by atoms with Crippen molar-refractivity contribution in [2.45, 2.75) is 34.1 Å². The smallest absolute Gasteiger partial charge is 0.0307 e. The van der Waals surface area contributed by atoms with Crippen LogP contribution in [0, 0.1) is 25.2 Å². The molecule has 0 saturated heterocycles. The molecule has 0 N–H and O–H groups in total. The van der Waals surface area contributed by atoms with Gasteiger partial charge in [-0.05, 0) is 79.2 Å². The Morgan fingerprint density at radius 2 is 1.82 bits per heavy atom. The molecule has 0 radical (unpaired) electrons. The Hall–Kier alpha value is -3.99. The summed E-state index contributed by atoms with van der Waals surface area (Å²) in [6.07, 6.45) is 39.6. The largest absolute Gasteiger partial charge is 0.175 e. The molecule has 0 spiro atoms. The number of benzene rings is 1. The van der Waals surface area contributed by atoms with Crippen molar-refractivity contribution in [2.24, 2.45) is 5.92 Å². The maximum Gasteiger partial charge on any atom is 0.0307 e. The molecule has 0 amide bonds. The van der Waals surface area contributed by atoms with Crippen molar-refractivity contribution in [3.05, 3.63) is 167 Å². The van der Waals surface area contributed by atoms with Gasteiger partial charge in [0, 0.05) is 17.2 Å². The quantitative estimate of drug-likeness (QED) is 0.152. The van der Waals surface area contributed by atoms with Crippen LogP contribution in [-0.2, 0) is 0 Å². The van der Waals surface area contributed by atoms with Crippen molar-refractivity contribution < 1.29 is 0 Å². The van der Waals surface area contributed by atoms with Gasteiger partial charge < -0.3 is 0 Å². The van der Waals surface area contributed by atoms with Crippen molar-refractivity contribution in [1.29, 1.82) is 0 Å². The molecule has 2 rings (SSSR count). The summed E-state index contributed by atoms with van der Waals surface area (Å²) in [5.41, 5.74) is 10.3. The number of rotatable bonds is 12. The highest BCUT2D eigenvalue weighted by Gasteiger charge is 2.24. The van der Waals surface area contributed by atoms with Crippen LogP contribution in [0.2, 0.25) is 0 Å². The van der Waals surface area contributed by atoms with E-state index in [1.807, 2.05) is 50.3 Å². The standard InChI is InChI=1S/C39H42S/c1-8-11-23-35-29-36(27-26-31(35)5)38(25-14-12-13-17-28-40)39-33(7)20-15-16-24-37(39)32(6)22-18-21-30(4)34(10-3)19-9-2/h3,8-9,11-21,23-27,29,39-40H,1,6,22,28H2,2,4-5,7H3/b14-12-,17-13-,19-9-,21-18-,23-11-,34-30+,38-25+. The zero-order chi connectivity index (χ0) is 29.3. The van der Waals surface area contributed by atoms with Crippen LogP contribution in [0.1, 0.15) is 43.9 Å². The van der Waals surface area contributed by atoms with Crippen LogP contribution in [0.3, 0.4) is 0 Å². The van der Waals surface area contributed by atoms with Gasteiger partial charge in [0.2, 0.25) is 0 Å². The van der Waals surface area contributed by atoms with Crippen molar-refractivity contribution in [1.82, 2.24) is 0 Å². The van der Waals surface area contributed by atoms with Gasteiger partial charge in [0.05, 0.1) is 0 Å². The summed E-state index contributed by atoms with van der Waals surface area (Å²) in [5.74, 6) is 3.53. The molecule has 1 atom stereocenters. The number of aryl methyl sites for hydroxylation is 1. The first-order valence-corrected chi connectivity index (χ1v) is 14.2. The summed E-state index contributed by atoms with van der Waals surface area (Å²) in [4.78, 5) is 0. The monoisotopic (exact) mass is 542 g/mol. The van der Waals surface area contributed by atoms with Gasteiger partial charge in [-0.3, -0.25) is 0 Å². The lowest BCUT2D eigenvalue weighted by atomic mass is 9.78. The third kappa shape index (κ3) is 9.64. The molecule has 0 bridgehead atoms. The first-order valence-electron chi connectivity index (χ1n) is 13.6. The minimum Gasteiger partial charge on any atom is -0.175 e. The molecule has 0 saturated carbocycles. The van der Waals surface area contributed by atoms with Gasteiger partial charge in [-0.25, -0.2) is 0 Å². The molecule has 1 aromatic rings. The summed E-state index contributed by atoms with van der Waals surface area (Å²) < 4.78 is 0. The predicted octanol–water partition coefficient (Wildman–Crippen LogP) is 10.7. The Kier molecular flexibility index (Phi) is 14.2. The molecule has 1 aliphatic rings. The molecule has 1 unspecified atom stereocenters. The summed E-state index contributed by atoms with van der Waals surface area (Å²) in [5, 5.41) is 0. The van der Waals surface area contributed by atoms with Gasteiger partial charge in [-0.2, -0.15) is 12.6 Å². The Labute approximate surface area is 248 Å². The second kappa shape index (κ2) is 17.6. The van der Waals surface area contributed by atoms with Crippen molar-refractivity contribution in [3.8, 4) is 12.3 Å². The first-order chi connectivity index (χ1) is 19.4. The van der Waals surface area contributed by atoms with E-state index in [0.29, 0.717) is 5.75 Å². The molecule has 0 aromatic heterocycles. The highest BCUT2D eigenvalue weighted by molar-refractivity contribution is 7.80. The van der Waals surface area contributed by atoms with Crippen LogP contribution < -0.4 is 0 Å². The molecule has 0 aliphatic heterocycles. The average molecular weight is 543 g/mol. The van der Waals surface area contributed by atoms with Crippen molar-refractivity contribution in [3.63, 3.8) is 0 Å². The SMILES string of the molecule is C#CC(/C=C\C)=C(C)\C=C/CC(=C)C1=CC=CC=C(C)C1/C(=C/C=C\C=C/CS)c1ccc(C)c(/C=C\C=C)c1. The topological polar surface area (TPSA) is 0 Å². The predicted molar refractivity (Wildman–Crippen MR) is 184 cm³/mol. The number of allylic oxidation sites excluding steroid dienone is 20. The summed E-state index contributed by atoms with van der Waals surface area (Å²) in [7, 11) is 0. The molecule has 1 aromatic carbocycles. The zero-order valence-electron chi connectivity index (χ0n) is 24.4. The Bertz CT molecular complexity index is 1410. The Balaban J connectivity index is 2.60. The van der Waals surface area contributed by atoms with Crippen LogP contribution in [-0.4, -0.2) is 5.75 Å². The Morgan fingerprint density at radius 1 is 1.05 bits per heavy atom. The second-order valence-electron chi connectivity index (χ2n) is 9.59. The molecule has 40 heavy (non-hydrogen) atoms.